The van der Waals surface area contributed by atoms with E-state index in [2.05, 4.69) is 19.9 Å². The highest BCUT2D eigenvalue weighted by atomic mass is 19.4. The molecule has 0 amide bonds. The van der Waals surface area contributed by atoms with E-state index in [1.54, 1.807) is 0 Å². The van der Waals surface area contributed by atoms with E-state index in [0.29, 0.717) is 0 Å². The summed E-state index contributed by atoms with van der Waals surface area (Å²) in [6.45, 7) is 0. The fourth-order valence-electron chi connectivity index (χ4n) is 2.61. The van der Waals surface area contributed by atoms with E-state index in [9.17, 15) is 26.3 Å². The Bertz CT molecular complexity index is 1170. The Hall–Kier alpha value is -3.18. The van der Waals surface area contributed by atoms with E-state index < -0.39 is 23.7 Å². The van der Waals surface area contributed by atoms with Crippen LogP contribution in [0.25, 0.3) is 28.3 Å². The number of imidazole rings is 2. The number of aromatic nitrogens is 6. The maximum Gasteiger partial charge on any atom is 0.433 e. The first kappa shape index (κ1) is 17.2. The Morgan fingerprint density at radius 1 is 0.889 bits per heavy atom. The molecule has 4 rings (SSSR count). The fraction of sp³-hybridized carbons (Fsp3) is 0.200. The summed E-state index contributed by atoms with van der Waals surface area (Å²) in [5, 5.41) is 0. The molecule has 12 heteroatoms. The minimum Gasteiger partial charge on any atom is -0.310 e. The van der Waals surface area contributed by atoms with Crippen molar-refractivity contribution >= 4 is 16.8 Å². The van der Waals surface area contributed by atoms with Gasteiger partial charge in [0.05, 0.1) is 0 Å². The molecule has 4 heterocycles. The Kier molecular flexibility index (Phi) is 3.45. The van der Waals surface area contributed by atoms with E-state index in [1.807, 2.05) is 0 Å². The second-order valence-electron chi connectivity index (χ2n) is 5.69. The summed E-state index contributed by atoms with van der Waals surface area (Å²) >= 11 is 0. The van der Waals surface area contributed by atoms with Crippen LogP contribution in [0.1, 0.15) is 11.4 Å². The molecule has 4 aromatic heterocycles. The zero-order chi connectivity index (χ0) is 19.6. The summed E-state index contributed by atoms with van der Waals surface area (Å²) in [4.78, 5) is 15.2. The second-order valence-corrected chi connectivity index (χ2v) is 5.69. The zero-order valence-electron chi connectivity index (χ0n) is 13.3. The van der Waals surface area contributed by atoms with Gasteiger partial charge in [-0.3, -0.25) is 4.40 Å². The lowest BCUT2D eigenvalue weighted by molar-refractivity contribution is -0.141. The molecule has 140 valence electrons. The van der Waals surface area contributed by atoms with Gasteiger partial charge in [-0.15, -0.1) is 0 Å². The molecule has 6 nitrogen and oxygen atoms in total. The molecular formula is C15H8F6N6. The Balaban J connectivity index is 1.85. The summed E-state index contributed by atoms with van der Waals surface area (Å²) in [5.74, 6) is 0.161. The number of alkyl halides is 6. The van der Waals surface area contributed by atoms with Gasteiger partial charge in [-0.2, -0.15) is 26.3 Å². The maximum atomic E-state index is 12.8. The number of nitrogens with zero attached hydrogens (tertiary/aromatic N) is 6. The molecular weight excluding hydrogens is 378 g/mol. The third kappa shape index (κ3) is 2.86. The normalized spacial score (nSPS) is 13.0. The Labute approximate surface area is 146 Å². The van der Waals surface area contributed by atoms with E-state index in [1.165, 1.54) is 28.3 Å². The number of aryl methyl sites for hydroxylation is 1. The lowest BCUT2D eigenvalue weighted by atomic mass is 10.3. The fourth-order valence-corrected chi connectivity index (χ4v) is 2.61. The quantitative estimate of drug-likeness (QED) is 0.468. The van der Waals surface area contributed by atoms with Crippen molar-refractivity contribution in [2.24, 2.45) is 7.05 Å². The van der Waals surface area contributed by atoms with Crippen molar-refractivity contribution in [2.75, 3.05) is 0 Å². The number of hydrogen-bond donors (Lipinski definition) is 0. The predicted molar refractivity (Wildman–Crippen MR) is 80.5 cm³/mol. The van der Waals surface area contributed by atoms with Gasteiger partial charge in [0, 0.05) is 19.3 Å². The van der Waals surface area contributed by atoms with Crippen LogP contribution in [0.4, 0.5) is 26.3 Å². The van der Waals surface area contributed by atoms with E-state index in [0.717, 1.165) is 18.5 Å². The topological polar surface area (TPSA) is 60.9 Å². The van der Waals surface area contributed by atoms with Crippen molar-refractivity contribution in [2.45, 2.75) is 12.4 Å². The largest absolute Gasteiger partial charge is 0.433 e. The monoisotopic (exact) mass is 386 g/mol. The highest BCUT2D eigenvalue weighted by Crippen LogP contribution is 2.31. The lowest BCUT2D eigenvalue weighted by Crippen LogP contribution is -2.08. The van der Waals surface area contributed by atoms with Crippen molar-refractivity contribution < 1.29 is 26.3 Å². The van der Waals surface area contributed by atoms with Crippen LogP contribution in [0.2, 0.25) is 0 Å². The molecule has 0 bridgehead atoms. The third-order valence-corrected chi connectivity index (χ3v) is 3.87. The molecule has 0 saturated heterocycles. The highest BCUT2D eigenvalue weighted by molar-refractivity contribution is 5.77. The van der Waals surface area contributed by atoms with Gasteiger partial charge in [0.25, 0.3) is 0 Å². The number of rotatable bonds is 1. The van der Waals surface area contributed by atoms with Crippen molar-refractivity contribution in [3.05, 3.63) is 42.1 Å². The van der Waals surface area contributed by atoms with Crippen LogP contribution in [0, 0.1) is 0 Å². The van der Waals surface area contributed by atoms with Crippen LogP contribution in [0.5, 0.6) is 0 Å². The molecule has 0 aromatic carbocycles. The van der Waals surface area contributed by atoms with Gasteiger partial charge in [-0.25, -0.2) is 19.9 Å². The van der Waals surface area contributed by atoms with E-state index >= 15 is 0 Å². The van der Waals surface area contributed by atoms with Crippen molar-refractivity contribution in [1.82, 2.24) is 28.9 Å². The molecule has 0 atom stereocenters. The lowest BCUT2D eigenvalue weighted by Gasteiger charge is -2.05. The molecule has 4 aromatic rings. The SMILES string of the molecule is Cn1c(-c2cn3cnc(C(F)(F)F)cc3n2)nc2ccc(C(F)(F)F)nc21. The molecule has 27 heavy (non-hydrogen) atoms. The third-order valence-electron chi connectivity index (χ3n) is 3.87. The van der Waals surface area contributed by atoms with Gasteiger partial charge < -0.3 is 4.57 Å². The average molecular weight is 386 g/mol. The molecule has 0 aliphatic rings. The molecule has 0 aliphatic heterocycles. The zero-order valence-corrected chi connectivity index (χ0v) is 13.3. The van der Waals surface area contributed by atoms with Crippen LogP contribution in [0.3, 0.4) is 0 Å². The molecule has 0 spiro atoms. The summed E-state index contributed by atoms with van der Waals surface area (Å²) in [6.07, 6.45) is -6.89. The Morgan fingerprint density at radius 2 is 1.59 bits per heavy atom. The highest BCUT2D eigenvalue weighted by Gasteiger charge is 2.34. The van der Waals surface area contributed by atoms with Crippen LogP contribution in [0.15, 0.2) is 30.7 Å². The smallest absolute Gasteiger partial charge is 0.310 e. The van der Waals surface area contributed by atoms with Crippen LogP contribution in [-0.4, -0.2) is 28.9 Å². The first-order chi connectivity index (χ1) is 12.5. The number of hydrogen-bond acceptors (Lipinski definition) is 4. The van der Waals surface area contributed by atoms with Gasteiger partial charge in [-0.1, -0.05) is 0 Å². The summed E-state index contributed by atoms with van der Waals surface area (Å²) in [7, 11) is 1.45. The van der Waals surface area contributed by atoms with Gasteiger partial charge in [0.1, 0.15) is 34.6 Å². The number of halogens is 6. The molecule has 0 fully saturated rings. The van der Waals surface area contributed by atoms with Crippen molar-refractivity contribution in [3.63, 3.8) is 0 Å². The minimum atomic E-state index is -4.62. The maximum absolute atomic E-state index is 12.8. The van der Waals surface area contributed by atoms with Crippen molar-refractivity contribution in [1.29, 1.82) is 0 Å². The van der Waals surface area contributed by atoms with Gasteiger partial charge in [-0.05, 0) is 12.1 Å². The second kappa shape index (κ2) is 5.41. The Morgan fingerprint density at radius 3 is 2.26 bits per heavy atom. The molecule has 0 unspecified atom stereocenters. The predicted octanol–water partition coefficient (Wildman–Crippen LogP) is 3.72. The van der Waals surface area contributed by atoms with Crippen LogP contribution in [-0.2, 0) is 19.4 Å². The number of fused-ring (bicyclic) bond motifs is 2. The van der Waals surface area contributed by atoms with Gasteiger partial charge >= 0.3 is 12.4 Å². The number of pyridine rings is 1. The van der Waals surface area contributed by atoms with E-state index in [4.69, 9.17) is 0 Å². The van der Waals surface area contributed by atoms with Gasteiger partial charge in [0.15, 0.2) is 11.5 Å². The van der Waals surface area contributed by atoms with E-state index in [-0.39, 0.29) is 28.3 Å². The molecule has 0 aliphatic carbocycles. The summed E-state index contributed by atoms with van der Waals surface area (Å²) < 4.78 is 79.4. The molecule has 0 N–H and O–H groups in total. The van der Waals surface area contributed by atoms with Crippen LogP contribution >= 0.6 is 0 Å². The van der Waals surface area contributed by atoms with Gasteiger partial charge in [0.2, 0.25) is 0 Å². The molecule has 0 radical (unpaired) electrons. The summed E-state index contributed by atoms with van der Waals surface area (Å²) in [6, 6.07) is 2.75. The standard InChI is InChI=1S/C15H8F6N6/c1-26-12-7(2-3-9(25-12)14(16,17)18)24-13(26)8-5-27-6-22-10(15(19,20)21)4-11(27)23-8/h2-6H,1H3. The average Bonchev–Trinajstić information content (AvgIpc) is 3.13. The minimum absolute atomic E-state index is 0.0222. The molecule has 0 saturated carbocycles. The van der Waals surface area contributed by atoms with Crippen molar-refractivity contribution in [3.8, 4) is 11.5 Å². The first-order valence-corrected chi connectivity index (χ1v) is 7.37. The summed E-state index contributed by atoms with van der Waals surface area (Å²) in [5.41, 5.74) is -1.85. The first-order valence-electron chi connectivity index (χ1n) is 7.37. The van der Waals surface area contributed by atoms with Crippen LogP contribution < -0.4 is 0 Å².